The van der Waals surface area contributed by atoms with Gasteiger partial charge in [0.2, 0.25) is 0 Å². The summed E-state index contributed by atoms with van der Waals surface area (Å²) in [7, 11) is 0. The van der Waals surface area contributed by atoms with E-state index in [1.807, 2.05) is 33.8 Å². The van der Waals surface area contributed by atoms with Crippen molar-refractivity contribution in [1.82, 2.24) is 5.32 Å². The number of hydrogen-bond donors (Lipinski definition) is 2. The van der Waals surface area contributed by atoms with E-state index in [1.54, 1.807) is 6.07 Å². The second-order valence-electron chi connectivity index (χ2n) is 5.46. The van der Waals surface area contributed by atoms with Gasteiger partial charge < -0.3 is 15.2 Å². The van der Waals surface area contributed by atoms with Crippen LogP contribution in [0, 0.1) is 6.92 Å². The molecule has 0 spiro atoms. The molecule has 0 fully saturated rings. The van der Waals surface area contributed by atoms with Gasteiger partial charge in [0.1, 0.15) is 5.75 Å². The number of benzene rings is 1. The average Bonchev–Trinajstić information content (AvgIpc) is 2.24. The van der Waals surface area contributed by atoms with Crippen molar-refractivity contribution in [2.24, 2.45) is 0 Å². The minimum absolute atomic E-state index is 0.0628. The lowest BCUT2D eigenvalue weighted by atomic mass is 10.1. The van der Waals surface area contributed by atoms with Crippen molar-refractivity contribution < 1.29 is 14.6 Å². The highest BCUT2D eigenvalue weighted by Crippen LogP contribution is 2.28. The SMILES string of the molecule is Cc1cc(Br)cc(CO)c1OCC(=O)NC(C)(C)C. The van der Waals surface area contributed by atoms with Crippen molar-refractivity contribution in [1.29, 1.82) is 0 Å². The Hall–Kier alpha value is -1.07. The van der Waals surface area contributed by atoms with Gasteiger partial charge in [-0.3, -0.25) is 4.79 Å². The van der Waals surface area contributed by atoms with Crippen molar-refractivity contribution in [3.05, 3.63) is 27.7 Å². The van der Waals surface area contributed by atoms with Crippen LogP contribution in [0.1, 0.15) is 31.9 Å². The highest BCUT2D eigenvalue weighted by Gasteiger charge is 2.15. The molecule has 0 aliphatic heterocycles. The fourth-order valence-electron chi connectivity index (χ4n) is 1.72. The first-order valence-corrected chi connectivity index (χ1v) is 6.86. The zero-order chi connectivity index (χ0) is 14.6. The lowest BCUT2D eigenvalue weighted by Crippen LogP contribution is -2.43. The number of halogens is 1. The predicted octanol–water partition coefficient (Wildman–Crippen LogP) is 2.54. The van der Waals surface area contributed by atoms with Crippen LogP contribution >= 0.6 is 15.9 Å². The Balaban J connectivity index is 2.75. The van der Waals surface area contributed by atoms with Gasteiger partial charge in [0.15, 0.2) is 6.61 Å². The van der Waals surface area contributed by atoms with Gasteiger partial charge in [0, 0.05) is 15.6 Å². The Labute approximate surface area is 122 Å². The molecule has 0 aliphatic carbocycles. The van der Waals surface area contributed by atoms with E-state index in [9.17, 15) is 9.90 Å². The molecule has 0 radical (unpaired) electrons. The van der Waals surface area contributed by atoms with E-state index < -0.39 is 0 Å². The van der Waals surface area contributed by atoms with Gasteiger partial charge in [0.25, 0.3) is 5.91 Å². The van der Waals surface area contributed by atoms with E-state index in [2.05, 4.69) is 21.2 Å². The number of aliphatic hydroxyl groups excluding tert-OH is 1. The maximum Gasteiger partial charge on any atom is 0.258 e. The maximum atomic E-state index is 11.7. The van der Waals surface area contributed by atoms with Crippen LogP contribution in [-0.2, 0) is 11.4 Å². The van der Waals surface area contributed by atoms with Crippen molar-refractivity contribution >= 4 is 21.8 Å². The molecular formula is C14H20BrNO3. The van der Waals surface area contributed by atoms with Crippen LogP contribution in [0.25, 0.3) is 0 Å². The molecule has 0 unspecified atom stereocenters. The fourth-order valence-corrected chi connectivity index (χ4v) is 2.34. The van der Waals surface area contributed by atoms with Crippen LogP contribution in [-0.4, -0.2) is 23.2 Å². The number of hydrogen-bond acceptors (Lipinski definition) is 3. The lowest BCUT2D eigenvalue weighted by Gasteiger charge is -2.21. The second-order valence-corrected chi connectivity index (χ2v) is 6.37. The van der Waals surface area contributed by atoms with E-state index in [4.69, 9.17) is 4.74 Å². The first-order valence-electron chi connectivity index (χ1n) is 6.06. The highest BCUT2D eigenvalue weighted by molar-refractivity contribution is 9.10. The Morgan fingerprint density at radius 3 is 2.58 bits per heavy atom. The summed E-state index contributed by atoms with van der Waals surface area (Å²) in [6.07, 6.45) is 0. The number of aliphatic hydroxyl groups is 1. The third kappa shape index (κ3) is 5.20. The molecule has 0 atom stereocenters. The number of amides is 1. The number of aryl methyl sites for hydroxylation is 1. The molecule has 4 nitrogen and oxygen atoms in total. The molecule has 0 heterocycles. The Morgan fingerprint density at radius 2 is 2.05 bits per heavy atom. The molecule has 0 bridgehead atoms. The molecule has 19 heavy (non-hydrogen) atoms. The third-order valence-electron chi connectivity index (χ3n) is 2.35. The highest BCUT2D eigenvalue weighted by atomic mass is 79.9. The number of carbonyl (C=O) groups excluding carboxylic acids is 1. The van der Waals surface area contributed by atoms with Crippen LogP contribution in [0.15, 0.2) is 16.6 Å². The van der Waals surface area contributed by atoms with Gasteiger partial charge >= 0.3 is 0 Å². The van der Waals surface area contributed by atoms with Crippen molar-refractivity contribution in [3.8, 4) is 5.75 Å². The van der Waals surface area contributed by atoms with Gasteiger partial charge in [-0.2, -0.15) is 0 Å². The van der Waals surface area contributed by atoms with E-state index in [-0.39, 0.29) is 24.7 Å². The Morgan fingerprint density at radius 1 is 1.42 bits per heavy atom. The largest absolute Gasteiger partial charge is 0.483 e. The summed E-state index contributed by atoms with van der Waals surface area (Å²) in [5, 5.41) is 12.1. The summed E-state index contributed by atoms with van der Waals surface area (Å²) in [6, 6.07) is 3.67. The smallest absolute Gasteiger partial charge is 0.258 e. The average molecular weight is 330 g/mol. The van der Waals surface area contributed by atoms with Crippen LogP contribution in [0.5, 0.6) is 5.75 Å². The van der Waals surface area contributed by atoms with Crippen molar-refractivity contribution in [2.75, 3.05) is 6.61 Å². The lowest BCUT2D eigenvalue weighted by molar-refractivity contribution is -0.124. The number of carbonyl (C=O) groups is 1. The molecule has 1 amide bonds. The van der Waals surface area contributed by atoms with E-state index in [0.29, 0.717) is 11.3 Å². The number of ether oxygens (including phenoxy) is 1. The molecule has 106 valence electrons. The molecule has 0 aromatic heterocycles. The van der Waals surface area contributed by atoms with Crippen molar-refractivity contribution in [2.45, 2.75) is 39.8 Å². The van der Waals surface area contributed by atoms with Crippen LogP contribution in [0.3, 0.4) is 0 Å². The second kappa shape index (κ2) is 6.39. The molecule has 1 aromatic carbocycles. The normalized spacial score (nSPS) is 11.3. The van der Waals surface area contributed by atoms with Crippen molar-refractivity contribution in [3.63, 3.8) is 0 Å². The minimum atomic E-state index is -0.283. The fraction of sp³-hybridized carbons (Fsp3) is 0.500. The van der Waals surface area contributed by atoms with Gasteiger partial charge in [-0.25, -0.2) is 0 Å². The summed E-state index contributed by atoms with van der Waals surface area (Å²) in [5.74, 6) is 0.383. The maximum absolute atomic E-state index is 11.7. The molecule has 5 heteroatoms. The monoisotopic (exact) mass is 329 g/mol. The molecule has 0 saturated heterocycles. The summed E-state index contributed by atoms with van der Waals surface area (Å²) in [5.41, 5.74) is 1.26. The standard InChI is InChI=1S/C14H20BrNO3/c1-9-5-11(15)6-10(7-17)13(9)19-8-12(18)16-14(2,3)4/h5-6,17H,7-8H2,1-4H3,(H,16,18). The topological polar surface area (TPSA) is 58.6 Å². The first-order chi connectivity index (χ1) is 8.73. The van der Waals surface area contributed by atoms with Crippen LogP contribution < -0.4 is 10.1 Å². The number of rotatable bonds is 4. The predicted molar refractivity (Wildman–Crippen MR) is 78.2 cm³/mol. The zero-order valence-corrected chi connectivity index (χ0v) is 13.3. The van der Waals surface area contributed by atoms with Gasteiger partial charge in [0.05, 0.1) is 6.61 Å². The molecule has 2 N–H and O–H groups in total. The zero-order valence-electron chi connectivity index (χ0n) is 11.7. The molecule has 1 aromatic rings. The van der Waals surface area contributed by atoms with E-state index >= 15 is 0 Å². The Kier molecular flexibility index (Phi) is 5.38. The van der Waals surface area contributed by atoms with Crippen LogP contribution in [0.4, 0.5) is 0 Å². The molecule has 1 rings (SSSR count). The van der Waals surface area contributed by atoms with Gasteiger partial charge in [-0.15, -0.1) is 0 Å². The van der Waals surface area contributed by atoms with E-state index in [1.165, 1.54) is 0 Å². The summed E-state index contributed by atoms with van der Waals surface area (Å²) < 4.78 is 6.40. The third-order valence-corrected chi connectivity index (χ3v) is 2.81. The number of nitrogens with one attached hydrogen (secondary N) is 1. The molecule has 0 aliphatic rings. The van der Waals surface area contributed by atoms with E-state index in [0.717, 1.165) is 10.0 Å². The van der Waals surface area contributed by atoms with Crippen LogP contribution in [0.2, 0.25) is 0 Å². The summed E-state index contributed by atoms with van der Waals surface area (Å²) in [6.45, 7) is 7.42. The summed E-state index contributed by atoms with van der Waals surface area (Å²) in [4.78, 5) is 11.7. The van der Waals surface area contributed by atoms with Gasteiger partial charge in [-0.05, 0) is 45.4 Å². The summed E-state index contributed by atoms with van der Waals surface area (Å²) >= 11 is 3.36. The van der Waals surface area contributed by atoms with Gasteiger partial charge in [-0.1, -0.05) is 15.9 Å². The Bertz CT molecular complexity index is 466. The molecule has 0 saturated carbocycles. The first kappa shape index (κ1) is 16.0. The molecular weight excluding hydrogens is 310 g/mol. The quantitative estimate of drug-likeness (QED) is 0.892. The minimum Gasteiger partial charge on any atom is -0.483 e.